The lowest BCUT2D eigenvalue weighted by atomic mass is 9.95. The number of nitrogens with one attached hydrogen (secondary N) is 1. The first-order chi connectivity index (χ1) is 16.5. The number of nitrogens with zero attached hydrogens (tertiary/aromatic N) is 2. The lowest BCUT2D eigenvalue weighted by Crippen LogP contribution is -2.43. The van der Waals surface area contributed by atoms with Crippen LogP contribution in [0.25, 0.3) is 0 Å². The van der Waals surface area contributed by atoms with Crippen LogP contribution in [0.2, 0.25) is 10.0 Å². The van der Waals surface area contributed by atoms with Crippen molar-refractivity contribution in [3.8, 4) is 5.75 Å². The highest BCUT2D eigenvalue weighted by Crippen LogP contribution is 2.27. The molecule has 0 aliphatic carbocycles. The zero-order valence-electron chi connectivity index (χ0n) is 18.5. The van der Waals surface area contributed by atoms with Gasteiger partial charge in [-0.3, -0.25) is 14.6 Å². The topological polar surface area (TPSA) is 71.5 Å². The summed E-state index contributed by atoms with van der Waals surface area (Å²) in [5, 5.41) is 4.04. The minimum absolute atomic E-state index is 0.0135. The van der Waals surface area contributed by atoms with Gasteiger partial charge in [0.1, 0.15) is 12.4 Å². The number of rotatable bonds is 7. The SMILES string of the molecule is O=C(NCc1cccnc1)C1CCN(C(=O)c2ccccc2OCc2ccc(Cl)cc2Cl)CC1. The lowest BCUT2D eigenvalue weighted by Gasteiger charge is -2.31. The first kappa shape index (κ1) is 24.0. The first-order valence-corrected chi connectivity index (χ1v) is 11.9. The van der Waals surface area contributed by atoms with Gasteiger partial charge in [0.2, 0.25) is 5.91 Å². The van der Waals surface area contributed by atoms with Crippen molar-refractivity contribution in [2.45, 2.75) is 26.0 Å². The van der Waals surface area contributed by atoms with Gasteiger partial charge in [-0.25, -0.2) is 0 Å². The Labute approximate surface area is 208 Å². The molecule has 6 nitrogen and oxygen atoms in total. The second-order valence-corrected chi connectivity index (χ2v) is 9.01. The summed E-state index contributed by atoms with van der Waals surface area (Å²) in [5.41, 5.74) is 2.23. The second kappa shape index (κ2) is 11.4. The molecule has 1 aliphatic rings. The maximum Gasteiger partial charge on any atom is 0.257 e. The number of piperidine rings is 1. The van der Waals surface area contributed by atoms with Crippen LogP contribution in [0, 0.1) is 5.92 Å². The van der Waals surface area contributed by atoms with E-state index in [0.717, 1.165) is 11.1 Å². The average molecular weight is 498 g/mol. The van der Waals surface area contributed by atoms with Crippen molar-refractivity contribution in [1.29, 1.82) is 0 Å². The number of likely N-dealkylation sites (tertiary alicyclic amines) is 1. The number of aromatic nitrogens is 1. The highest BCUT2D eigenvalue weighted by Gasteiger charge is 2.28. The van der Waals surface area contributed by atoms with Crippen LogP contribution in [-0.2, 0) is 17.9 Å². The summed E-state index contributed by atoms with van der Waals surface area (Å²) in [6.07, 6.45) is 4.68. The van der Waals surface area contributed by atoms with Crippen LogP contribution in [0.5, 0.6) is 5.75 Å². The Bertz CT molecular complexity index is 1150. The molecular formula is C26H25Cl2N3O3. The van der Waals surface area contributed by atoms with Crippen molar-refractivity contribution in [1.82, 2.24) is 15.2 Å². The smallest absolute Gasteiger partial charge is 0.257 e. The maximum absolute atomic E-state index is 13.2. The molecule has 4 rings (SSSR count). The monoisotopic (exact) mass is 497 g/mol. The fraction of sp³-hybridized carbons (Fsp3) is 0.269. The summed E-state index contributed by atoms with van der Waals surface area (Å²) in [6.45, 7) is 1.70. The van der Waals surface area contributed by atoms with E-state index in [9.17, 15) is 9.59 Å². The standard InChI is InChI=1S/C26H25Cl2N3O3/c27-21-8-7-20(23(28)14-21)17-34-24-6-2-1-5-22(24)26(33)31-12-9-19(10-13-31)25(32)30-16-18-4-3-11-29-15-18/h1-8,11,14-15,19H,9-10,12-13,16-17H2,(H,30,32). The third-order valence-electron chi connectivity index (χ3n) is 5.86. The molecule has 2 aromatic carbocycles. The van der Waals surface area contributed by atoms with Gasteiger partial charge in [0.05, 0.1) is 5.56 Å². The fourth-order valence-electron chi connectivity index (χ4n) is 3.91. The molecule has 1 aliphatic heterocycles. The van der Waals surface area contributed by atoms with Crippen molar-refractivity contribution in [2.24, 2.45) is 5.92 Å². The number of amides is 2. The molecule has 2 heterocycles. The van der Waals surface area contributed by atoms with Gasteiger partial charge >= 0.3 is 0 Å². The molecule has 0 unspecified atom stereocenters. The minimum Gasteiger partial charge on any atom is -0.488 e. The van der Waals surface area contributed by atoms with Gasteiger partial charge in [0.25, 0.3) is 5.91 Å². The Morgan fingerprint density at radius 3 is 2.59 bits per heavy atom. The van der Waals surface area contributed by atoms with Crippen LogP contribution in [0.15, 0.2) is 67.0 Å². The van der Waals surface area contributed by atoms with E-state index in [-0.39, 0.29) is 24.3 Å². The van der Waals surface area contributed by atoms with Gasteiger partial charge in [0.15, 0.2) is 0 Å². The largest absolute Gasteiger partial charge is 0.488 e. The van der Waals surface area contributed by atoms with Gasteiger partial charge in [-0.2, -0.15) is 0 Å². The van der Waals surface area contributed by atoms with Crippen LogP contribution >= 0.6 is 23.2 Å². The normalized spacial score (nSPS) is 14.0. The van der Waals surface area contributed by atoms with Gasteiger partial charge in [-0.05, 0) is 48.7 Å². The van der Waals surface area contributed by atoms with Gasteiger partial charge in [-0.15, -0.1) is 0 Å². The summed E-state index contributed by atoms with van der Waals surface area (Å²) in [4.78, 5) is 31.6. The molecule has 0 saturated carbocycles. The van der Waals surface area contributed by atoms with Crippen LogP contribution in [-0.4, -0.2) is 34.8 Å². The number of carbonyl (C=O) groups excluding carboxylic acids is 2. The van der Waals surface area contributed by atoms with E-state index in [1.165, 1.54) is 0 Å². The van der Waals surface area contributed by atoms with Crippen LogP contribution in [0.3, 0.4) is 0 Å². The Morgan fingerprint density at radius 1 is 1.06 bits per heavy atom. The Morgan fingerprint density at radius 2 is 1.85 bits per heavy atom. The lowest BCUT2D eigenvalue weighted by molar-refractivity contribution is -0.126. The molecule has 8 heteroatoms. The quantitative estimate of drug-likeness (QED) is 0.490. The number of benzene rings is 2. The average Bonchev–Trinajstić information content (AvgIpc) is 2.87. The number of halogens is 2. The number of pyridine rings is 1. The number of hydrogen-bond donors (Lipinski definition) is 1. The van der Waals surface area contributed by atoms with E-state index in [2.05, 4.69) is 10.3 Å². The van der Waals surface area contributed by atoms with E-state index in [1.54, 1.807) is 47.6 Å². The molecule has 3 aromatic rings. The zero-order valence-corrected chi connectivity index (χ0v) is 20.1. The number of para-hydroxylation sites is 1. The summed E-state index contributed by atoms with van der Waals surface area (Å²) in [7, 11) is 0. The van der Waals surface area contributed by atoms with Crippen molar-refractivity contribution < 1.29 is 14.3 Å². The van der Waals surface area contributed by atoms with Crippen LogP contribution in [0.1, 0.15) is 34.3 Å². The summed E-state index contributed by atoms with van der Waals surface area (Å²) < 4.78 is 5.94. The molecule has 0 bridgehead atoms. The minimum atomic E-state index is -0.112. The molecule has 0 atom stereocenters. The van der Waals surface area contributed by atoms with Gasteiger partial charge < -0.3 is 15.0 Å². The summed E-state index contributed by atoms with van der Waals surface area (Å²) in [5.74, 6) is 0.292. The Balaban J connectivity index is 1.33. The Kier molecular flexibility index (Phi) is 8.03. The molecule has 2 amide bonds. The van der Waals surface area contributed by atoms with E-state index >= 15 is 0 Å². The van der Waals surface area contributed by atoms with Crippen molar-refractivity contribution >= 4 is 35.0 Å². The van der Waals surface area contributed by atoms with Gasteiger partial charge in [-0.1, -0.05) is 47.5 Å². The molecular weight excluding hydrogens is 473 g/mol. The highest BCUT2D eigenvalue weighted by atomic mass is 35.5. The van der Waals surface area contributed by atoms with Crippen molar-refractivity contribution in [3.05, 3.63) is 93.7 Å². The third kappa shape index (κ3) is 6.07. The summed E-state index contributed by atoms with van der Waals surface area (Å²) in [6, 6.07) is 16.2. The predicted molar refractivity (Wildman–Crippen MR) is 132 cm³/mol. The number of hydrogen-bond acceptors (Lipinski definition) is 4. The molecule has 1 N–H and O–H groups in total. The fourth-order valence-corrected chi connectivity index (χ4v) is 4.38. The molecule has 1 fully saturated rings. The third-order valence-corrected chi connectivity index (χ3v) is 6.45. The predicted octanol–water partition coefficient (Wildman–Crippen LogP) is 5.14. The highest BCUT2D eigenvalue weighted by molar-refractivity contribution is 6.35. The Hall–Kier alpha value is -3.09. The second-order valence-electron chi connectivity index (χ2n) is 8.17. The molecule has 34 heavy (non-hydrogen) atoms. The summed E-state index contributed by atoms with van der Waals surface area (Å²) >= 11 is 12.2. The molecule has 1 aromatic heterocycles. The van der Waals surface area contributed by atoms with E-state index in [4.69, 9.17) is 27.9 Å². The first-order valence-electron chi connectivity index (χ1n) is 11.1. The number of carbonyl (C=O) groups is 2. The van der Waals surface area contributed by atoms with Crippen LogP contribution in [0.4, 0.5) is 0 Å². The van der Waals surface area contributed by atoms with Crippen molar-refractivity contribution in [2.75, 3.05) is 13.1 Å². The maximum atomic E-state index is 13.2. The zero-order chi connectivity index (χ0) is 23.9. The molecule has 1 saturated heterocycles. The molecule has 0 radical (unpaired) electrons. The van der Waals surface area contributed by atoms with E-state index in [0.29, 0.717) is 53.8 Å². The molecule has 0 spiro atoms. The number of ether oxygens (including phenoxy) is 1. The van der Waals surface area contributed by atoms with E-state index in [1.807, 2.05) is 24.3 Å². The van der Waals surface area contributed by atoms with Gasteiger partial charge in [0, 0.05) is 53.6 Å². The van der Waals surface area contributed by atoms with Crippen molar-refractivity contribution in [3.63, 3.8) is 0 Å². The molecule has 176 valence electrons. The van der Waals surface area contributed by atoms with E-state index < -0.39 is 0 Å². The van der Waals surface area contributed by atoms with Crippen LogP contribution < -0.4 is 10.1 Å².